The first-order valence-electron chi connectivity index (χ1n) is 10.3. The molecule has 1 atom stereocenters. The number of nitrogens with zero attached hydrogens (tertiary/aromatic N) is 2. The van der Waals surface area contributed by atoms with Gasteiger partial charge in [0.1, 0.15) is 11.6 Å². The highest BCUT2D eigenvalue weighted by Crippen LogP contribution is 2.49. The molecule has 3 aliphatic rings. The summed E-state index contributed by atoms with van der Waals surface area (Å²) in [5, 5.41) is 0.494. The van der Waals surface area contributed by atoms with E-state index in [0.717, 1.165) is 25.7 Å². The second kappa shape index (κ2) is 7.11. The van der Waals surface area contributed by atoms with Crippen LogP contribution in [0.1, 0.15) is 73.6 Å². The SMILES string of the molecule is CC(C)(C)OC(=O)N1CC2(CCC2)CCC1C(=O)ON1C(=O)c2ccccc2C1=O. The van der Waals surface area contributed by atoms with Crippen molar-refractivity contribution < 1.29 is 28.8 Å². The van der Waals surface area contributed by atoms with Gasteiger partial charge in [-0.15, -0.1) is 0 Å². The average Bonchev–Trinajstić information content (AvgIpc) is 2.90. The lowest BCUT2D eigenvalue weighted by Crippen LogP contribution is -2.58. The Balaban J connectivity index is 1.52. The van der Waals surface area contributed by atoms with Crippen LogP contribution in [0.25, 0.3) is 0 Å². The molecule has 0 radical (unpaired) electrons. The molecule has 1 saturated heterocycles. The van der Waals surface area contributed by atoms with Crippen LogP contribution in [0, 0.1) is 5.41 Å². The standard InChI is InChI=1S/C22H26N2O6/c1-21(2,3)29-20(28)23-13-22(10-6-11-22)12-9-16(23)19(27)30-24-17(25)14-7-4-5-8-15(14)18(24)26/h4-5,7-8,16H,6,9-13H2,1-3H3. The van der Waals surface area contributed by atoms with Gasteiger partial charge >= 0.3 is 12.1 Å². The molecule has 0 N–H and O–H groups in total. The second-order valence-electron chi connectivity index (χ2n) is 9.38. The van der Waals surface area contributed by atoms with E-state index in [4.69, 9.17) is 9.57 Å². The maximum Gasteiger partial charge on any atom is 0.411 e. The highest BCUT2D eigenvalue weighted by Gasteiger charge is 2.50. The topological polar surface area (TPSA) is 93.2 Å². The van der Waals surface area contributed by atoms with Crippen LogP contribution in [0.5, 0.6) is 0 Å². The number of piperidine rings is 1. The third kappa shape index (κ3) is 3.55. The summed E-state index contributed by atoms with van der Waals surface area (Å²) < 4.78 is 5.51. The largest absolute Gasteiger partial charge is 0.444 e. The Morgan fingerprint density at radius 3 is 2.13 bits per heavy atom. The number of ether oxygens (including phenoxy) is 1. The molecule has 8 nitrogen and oxygen atoms in total. The van der Waals surface area contributed by atoms with E-state index in [0.29, 0.717) is 18.0 Å². The lowest BCUT2D eigenvalue weighted by molar-refractivity contribution is -0.178. The van der Waals surface area contributed by atoms with Crippen LogP contribution in [0.2, 0.25) is 0 Å². The minimum Gasteiger partial charge on any atom is -0.444 e. The monoisotopic (exact) mass is 414 g/mol. The van der Waals surface area contributed by atoms with E-state index in [1.54, 1.807) is 32.9 Å². The van der Waals surface area contributed by atoms with Gasteiger partial charge in [-0.1, -0.05) is 23.6 Å². The molecular weight excluding hydrogens is 388 g/mol. The quantitative estimate of drug-likeness (QED) is 0.690. The number of likely N-dealkylation sites (tertiary alicyclic amines) is 1. The van der Waals surface area contributed by atoms with Gasteiger partial charge in [-0.05, 0) is 64.0 Å². The van der Waals surface area contributed by atoms with Crippen molar-refractivity contribution >= 4 is 23.9 Å². The number of hydroxylamine groups is 2. The Kier molecular flexibility index (Phi) is 4.83. The Morgan fingerprint density at radius 1 is 1.03 bits per heavy atom. The number of rotatable bonds is 2. The lowest BCUT2D eigenvalue weighted by Gasteiger charge is -2.50. The summed E-state index contributed by atoms with van der Waals surface area (Å²) in [5.74, 6) is -2.16. The second-order valence-corrected chi connectivity index (χ2v) is 9.38. The molecule has 1 aromatic rings. The first-order valence-corrected chi connectivity index (χ1v) is 10.3. The van der Waals surface area contributed by atoms with Gasteiger partial charge < -0.3 is 9.57 Å². The highest BCUT2D eigenvalue weighted by atomic mass is 16.7. The van der Waals surface area contributed by atoms with Crippen molar-refractivity contribution in [1.82, 2.24) is 9.96 Å². The van der Waals surface area contributed by atoms with Gasteiger partial charge in [0.05, 0.1) is 11.1 Å². The molecule has 1 saturated carbocycles. The third-order valence-corrected chi connectivity index (χ3v) is 6.08. The van der Waals surface area contributed by atoms with Crippen LogP contribution < -0.4 is 0 Å². The van der Waals surface area contributed by atoms with E-state index in [1.165, 1.54) is 17.0 Å². The molecule has 1 aliphatic carbocycles. The molecule has 30 heavy (non-hydrogen) atoms. The van der Waals surface area contributed by atoms with Gasteiger partial charge in [0.15, 0.2) is 0 Å². The first kappa shape index (κ1) is 20.4. The van der Waals surface area contributed by atoms with Crippen molar-refractivity contribution in [2.45, 2.75) is 64.5 Å². The normalized spacial score (nSPS) is 22.6. The summed E-state index contributed by atoms with van der Waals surface area (Å²) in [5.41, 5.74) is -0.311. The van der Waals surface area contributed by atoms with Gasteiger partial charge in [-0.3, -0.25) is 14.5 Å². The Hall–Kier alpha value is -2.90. The number of hydrogen-bond donors (Lipinski definition) is 0. The van der Waals surface area contributed by atoms with Gasteiger partial charge in [0.25, 0.3) is 11.8 Å². The Labute approximate surface area is 175 Å². The molecule has 1 spiro atoms. The molecule has 2 heterocycles. The summed E-state index contributed by atoms with van der Waals surface area (Å²) in [6.07, 6.45) is 3.72. The van der Waals surface area contributed by atoms with Gasteiger partial charge in [0, 0.05) is 6.54 Å². The smallest absolute Gasteiger partial charge is 0.411 e. The van der Waals surface area contributed by atoms with Crippen molar-refractivity contribution in [3.63, 3.8) is 0 Å². The van der Waals surface area contributed by atoms with Crippen LogP contribution in [0.4, 0.5) is 4.79 Å². The van der Waals surface area contributed by atoms with E-state index in [2.05, 4.69) is 0 Å². The van der Waals surface area contributed by atoms with Gasteiger partial charge in [-0.25, -0.2) is 9.59 Å². The van der Waals surface area contributed by atoms with Gasteiger partial charge in [0.2, 0.25) is 0 Å². The first-order chi connectivity index (χ1) is 14.1. The molecule has 8 heteroatoms. The summed E-state index contributed by atoms with van der Waals surface area (Å²) >= 11 is 0. The minimum atomic E-state index is -0.907. The summed E-state index contributed by atoms with van der Waals surface area (Å²) in [6.45, 7) is 5.70. The fraction of sp³-hybridized carbons (Fsp3) is 0.545. The molecule has 1 aromatic carbocycles. The zero-order valence-corrected chi connectivity index (χ0v) is 17.5. The number of benzene rings is 1. The lowest BCUT2D eigenvalue weighted by atomic mass is 9.63. The summed E-state index contributed by atoms with van der Waals surface area (Å²) in [7, 11) is 0. The van der Waals surface area contributed by atoms with Crippen molar-refractivity contribution in [3.05, 3.63) is 35.4 Å². The van der Waals surface area contributed by atoms with Crippen LogP contribution in [0.15, 0.2) is 24.3 Å². The fourth-order valence-corrected chi connectivity index (χ4v) is 4.39. The maximum absolute atomic E-state index is 13.0. The highest BCUT2D eigenvalue weighted by molar-refractivity contribution is 6.20. The number of carbonyl (C=O) groups is 4. The fourth-order valence-electron chi connectivity index (χ4n) is 4.39. The number of imide groups is 1. The van der Waals surface area contributed by atoms with Crippen LogP contribution >= 0.6 is 0 Å². The zero-order valence-electron chi connectivity index (χ0n) is 17.5. The average molecular weight is 414 g/mol. The predicted octanol–water partition coefficient (Wildman–Crippen LogP) is 3.31. The number of carbonyl (C=O) groups excluding carboxylic acids is 4. The molecule has 0 bridgehead atoms. The van der Waals surface area contributed by atoms with Crippen molar-refractivity contribution in [2.24, 2.45) is 5.41 Å². The van der Waals surface area contributed by atoms with Crippen LogP contribution in [0.3, 0.4) is 0 Å². The minimum absolute atomic E-state index is 0.0171. The predicted molar refractivity (Wildman–Crippen MR) is 105 cm³/mol. The van der Waals surface area contributed by atoms with Crippen LogP contribution in [-0.4, -0.2) is 52.0 Å². The van der Waals surface area contributed by atoms with E-state index >= 15 is 0 Å². The number of fused-ring (bicyclic) bond motifs is 1. The number of amides is 3. The van der Waals surface area contributed by atoms with E-state index < -0.39 is 35.5 Å². The molecule has 3 amide bonds. The van der Waals surface area contributed by atoms with E-state index in [9.17, 15) is 19.2 Å². The molecule has 160 valence electrons. The summed E-state index contributed by atoms with van der Waals surface area (Å²) in [6, 6.07) is 5.39. The van der Waals surface area contributed by atoms with Crippen molar-refractivity contribution in [2.75, 3.05) is 6.54 Å². The van der Waals surface area contributed by atoms with Crippen molar-refractivity contribution in [1.29, 1.82) is 0 Å². The molecule has 4 rings (SSSR count). The Morgan fingerprint density at radius 2 is 1.63 bits per heavy atom. The molecule has 0 aromatic heterocycles. The molecule has 2 fully saturated rings. The van der Waals surface area contributed by atoms with Crippen molar-refractivity contribution in [3.8, 4) is 0 Å². The third-order valence-electron chi connectivity index (χ3n) is 6.08. The maximum atomic E-state index is 13.0. The molecule has 2 aliphatic heterocycles. The van der Waals surface area contributed by atoms with Crippen LogP contribution in [-0.2, 0) is 14.4 Å². The summed E-state index contributed by atoms with van der Waals surface area (Å²) in [4.78, 5) is 57.5. The van der Waals surface area contributed by atoms with Gasteiger partial charge in [-0.2, -0.15) is 0 Å². The van der Waals surface area contributed by atoms with E-state index in [-0.39, 0.29) is 16.5 Å². The molecule has 1 unspecified atom stereocenters. The number of hydrogen-bond acceptors (Lipinski definition) is 6. The van der Waals surface area contributed by atoms with E-state index in [1.807, 2.05) is 0 Å². The Bertz CT molecular complexity index is 879. The zero-order chi connectivity index (χ0) is 21.7. The molecular formula is C22H26N2O6.